The number of carbonyl (C=O) groups excluding carboxylic acids is 1. The van der Waals surface area contributed by atoms with Gasteiger partial charge in [-0.05, 0) is 77.6 Å². The normalized spacial score (nSPS) is 22.5. The number of morpholine rings is 1. The molecule has 11 heteroatoms. The van der Waals surface area contributed by atoms with Crippen molar-refractivity contribution in [2.75, 3.05) is 39.4 Å². The first-order chi connectivity index (χ1) is 20.6. The third-order valence-corrected chi connectivity index (χ3v) is 12.2. The predicted molar refractivity (Wildman–Crippen MR) is 184 cm³/mol. The Kier molecular flexibility index (Phi) is 9.20. The molecule has 7 nitrogen and oxygen atoms in total. The third-order valence-electron chi connectivity index (χ3n) is 8.92. The lowest BCUT2D eigenvalue weighted by Gasteiger charge is -2.49. The summed E-state index contributed by atoms with van der Waals surface area (Å²) in [5.74, 6) is 0.519. The fraction of sp³-hybridized carbons (Fsp3) is 0.531. The van der Waals surface area contributed by atoms with Crippen molar-refractivity contribution in [3.05, 3.63) is 46.5 Å². The molecule has 228 valence electrons. The van der Waals surface area contributed by atoms with Crippen LogP contribution in [0.4, 0.5) is 10.8 Å². The minimum absolute atomic E-state index is 0.0113. The largest absolute Gasteiger partial charge is 0.379 e. The fourth-order valence-electron chi connectivity index (χ4n) is 7.09. The summed E-state index contributed by atoms with van der Waals surface area (Å²) >= 11 is 9.77. The van der Waals surface area contributed by atoms with Gasteiger partial charge >= 0.3 is 0 Å². The van der Waals surface area contributed by atoms with Crippen LogP contribution in [-0.2, 0) is 9.53 Å². The number of rotatable bonds is 8. The summed E-state index contributed by atoms with van der Waals surface area (Å²) < 4.78 is 7.12. The SMILES string of the molecule is CC1(C)CCCC(C)(C)C1c1ccc(/N=N/c2nc3sc(/C=C4\C(=O)SC(=S)N4CCCN4CCOCC4)cc3s2)cc1. The molecular formula is C32H39N5O2S4. The summed E-state index contributed by atoms with van der Waals surface area (Å²) in [5.41, 5.74) is 3.45. The van der Waals surface area contributed by atoms with Crippen LogP contribution < -0.4 is 0 Å². The molecule has 4 heterocycles. The highest BCUT2D eigenvalue weighted by molar-refractivity contribution is 8.33. The number of hydrogen-bond donors (Lipinski definition) is 0. The van der Waals surface area contributed by atoms with Gasteiger partial charge in [0, 0.05) is 31.1 Å². The number of ether oxygens (including phenoxy) is 1. The van der Waals surface area contributed by atoms with Crippen molar-refractivity contribution in [2.24, 2.45) is 21.1 Å². The van der Waals surface area contributed by atoms with E-state index in [1.807, 2.05) is 11.0 Å². The first-order valence-corrected chi connectivity index (χ1v) is 17.9. The molecule has 0 bridgehead atoms. The molecule has 1 aliphatic carbocycles. The quantitative estimate of drug-likeness (QED) is 0.137. The molecule has 0 spiro atoms. The highest BCUT2D eigenvalue weighted by Crippen LogP contribution is 2.56. The van der Waals surface area contributed by atoms with Gasteiger partial charge in [-0.1, -0.05) is 69.8 Å². The number of azo groups is 1. The van der Waals surface area contributed by atoms with Gasteiger partial charge in [0.2, 0.25) is 10.2 Å². The molecule has 2 aliphatic heterocycles. The highest BCUT2D eigenvalue weighted by atomic mass is 32.2. The number of hydrogen-bond acceptors (Lipinski definition) is 10. The molecule has 3 aromatic rings. The Balaban J connectivity index is 1.11. The van der Waals surface area contributed by atoms with E-state index in [0.717, 1.165) is 77.7 Å². The van der Waals surface area contributed by atoms with Crippen LogP contribution >= 0.6 is 46.7 Å². The second-order valence-electron chi connectivity index (χ2n) is 13.0. The molecule has 6 rings (SSSR count). The van der Waals surface area contributed by atoms with Gasteiger partial charge < -0.3 is 9.64 Å². The Bertz CT molecular complexity index is 1500. The monoisotopic (exact) mass is 653 g/mol. The molecule has 0 atom stereocenters. The van der Waals surface area contributed by atoms with Gasteiger partial charge in [-0.2, -0.15) is 0 Å². The second-order valence-corrected chi connectivity index (χ2v) is 16.7. The first-order valence-electron chi connectivity index (χ1n) is 15.1. The number of carbonyl (C=O) groups is 1. The van der Waals surface area contributed by atoms with Gasteiger partial charge in [-0.25, -0.2) is 4.98 Å². The van der Waals surface area contributed by atoms with Crippen molar-refractivity contribution in [1.82, 2.24) is 14.8 Å². The van der Waals surface area contributed by atoms with Crippen molar-refractivity contribution < 1.29 is 9.53 Å². The van der Waals surface area contributed by atoms with Crippen LogP contribution in [0.1, 0.15) is 69.7 Å². The summed E-state index contributed by atoms with van der Waals surface area (Å²) in [6.45, 7) is 14.9. The van der Waals surface area contributed by atoms with Crippen molar-refractivity contribution in [3.8, 4) is 0 Å². The Morgan fingerprint density at radius 3 is 2.47 bits per heavy atom. The van der Waals surface area contributed by atoms with E-state index in [0.29, 0.717) is 21.1 Å². The second kappa shape index (κ2) is 12.8. The molecule has 2 aromatic heterocycles. The molecule has 43 heavy (non-hydrogen) atoms. The summed E-state index contributed by atoms with van der Waals surface area (Å²) in [4.78, 5) is 23.8. The van der Waals surface area contributed by atoms with Crippen LogP contribution in [0.3, 0.4) is 0 Å². The minimum atomic E-state index is 0.0113. The molecule has 1 saturated carbocycles. The van der Waals surface area contributed by atoms with Gasteiger partial charge in [0.15, 0.2) is 0 Å². The lowest BCUT2D eigenvalue weighted by atomic mass is 9.55. The molecular weight excluding hydrogens is 615 g/mol. The lowest BCUT2D eigenvalue weighted by Crippen LogP contribution is -2.38. The zero-order chi connectivity index (χ0) is 30.2. The molecule has 3 aliphatic rings. The minimum Gasteiger partial charge on any atom is -0.379 e. The topological polar surface area (TPSA) is 70.4 Å². The van der Waals surface area contributed by atoms with E-state index in [1.165, 1.54) is 36.2 Å². The van der Waals surface area contributed by atoms with E-state index in [9.17, 15) is 4.79 Å². The molecule has 0 radical (unpaired) electrons. The zero-order valence-corrected chi connectivity index (χ0v) is 28.6. The number of benzene rings is 1. The van der Waals surface area contributed by atoms with Gasteiger partial charge in [0.25, 0.3) is 0 Å². The molecule has 0 amide bonds. The number of thiophene rings is 1. The Labute approximate surface area is 271 Å². The van der Waals surface area contributed by atoms with E-state index in [-0.39, 0.29) is 15.9 Å². The van der Waals surface area contributed by atoms with E-state index in [2.05, 4.69) is 73.2 Å². The van der Waals surface area contributed by atoms with Gasteiger partial charge in [0.05, 0.1) is 29.3 Å². The van der Waals surface area contributed by atoms with Gasteiger partial charge in [0.1, 0.15) is 9.15 Å². The van der Waals surface area contributed by atoms with Crippen LogP contribution in [0.25, 0.3) is 15.6 Å². The molecule has 1 aromatic carbocycles. The smallest absolute Gasteiger partial charge is 0.242 e. The number of thioether (sulfide) groups is 1. The number of fused-ring (bicyclic) bond motifs is 1. The molecule has 2 saturated heterocycles. The lowest BCUT2D eigenvalue weighted by molar-refractivity contribution is -0.108. The third kappa shape index (κ3) is 6.97. The Morgan fingerprint density at radius 2 is 1.77 bits per heavy atom. The molecule has 0 N–H and O–H groups in total. The van der Waals surface area contributed by atoms with Crippen LogP contribution in [0, 0.1) is 10.8 Å². The van der Waals surface area contributed by atoms with Gasteiger partial charge in [-0.3, -0.25) is 9.69 Å². The fourth-order valence-corrected chi connectivity index (χ4v) is 10.2. The first kappa shape index (κ1) is 31.0. The van der Waals surface area contributed by atoms with Gasteiger partial charge in [-0.15, -0.1) is 21.6 Å². The molecule has 3 fully saturated rings. The van der Waals surface area contributed by atoms with Crippen molar-refractivity contribution in [1.29, 1.82) is 0 Å². The van der Waals surface area contributed by atoms with Crippen molar-refractivity contribution >= 4 is 82.5 Å². The average molecular weight is 654 g/mol. The number of aromatic nitrogens is 1. The van der Waals surface area contributed by atoms with E-state index in [4.69, 9.17) is 21.9 Å². The maximum absolute atomic E-state index is 12.8. The Hall–Kier alpha value is -2.02. The zero-order valence-electron chi connectivity index (χ0n) is 25.3. The van der Waals surface area contributed by atoms with Crippen LogP contribution in [0.15, 0.2) is 46.3 Å². The summed E-state index contributed by atoms with van der Waals surface area (Å²) in [6.07, 6.45) is 6.73. The van der Waals surface area contributed by atoms with Crippen LogP contribution in [0.2, 0.25) is 0 Å². The van der Waals surface area contributed by atoms with E-state index in [1.54, 1.807) is 11.3 Å². The van der Waals surface area contributed by atoms with Crippen molar-refractivity contribution in [3.63, 3.8) is 0 Å². The van der Waals surface area contributed by atoms with Crippen LogP contribution in [-0.4, -0.2) is 63.6 Å². The maximum atomic E-state index is 12.8. The number of thiazole rings is 1. The Morgan fingerprint density at radius 1 is 1.05 bits per heavy atom. The number of thiocarbonyl (C=S) groups is 1. The van der Waals surface area contributed by atoms with Crippen molar-refractivity contribution in [2.45, 2.75) is 59.3 Å². The van der Waals surface area contributed by atoms with Crippen LogP contribution in [0.5, 0.6) is 0 Å². The van der Waals surface area contributed by atoms with E-state index >= 15 is 0 Å². The molecule has 0 unspecified atom stereocenters. The van der Waals surface area contributed by atoms with E-state index < -0.39 is 0 Å². The highest BCUT2D eigenvalue weighted by Gasteiger charge is 2.44. The summed E-state index contributed by atoms with van der Waals surface area (Å²) in [7, 11) is 0. The average Bonchev–Trinajstić information content (AvgIpc) is 3.59. The standard InChI is InChI=1S/C32H39N5O2S4/c1-31(2)11-5-12-32(3,4)26(31)21-7-9-22(10-8-21)34-35-29-33-27-25(42-29)20-23(41-27)19-24-28(38)43-30(40)37(24)14-6-13-36-15-17-39-18-16-36/h7-10,19-20,26H,5-6,11-18H2,1-4H3/b24-19+,35-34+. The maximum Gasteiger partial charge on any atom is 0.242 e. The summed E-state index contributed by atoms with van der Waals surface area (Å²) in [6, 6.07) is 10.7. The predicted octanol–water partition coefficient (Wildman–Crippen LogP) is 9.02. The summed E-state index contributed by atoms with van der Waals surface area (Å²) in [5, 5.41) is 9.59. The number of nitrogens with zero attached hydrogens (tertiary/aromatic N) is 5.